The molecule has 0 fully saturated rings. The molecule has 6 heteroatoms. The second-order valence-corrected chi connectivity index (χ2v) is 2.75. The summed E-state index contributed by atoms with van der Waals surface area (Å²) in [6, 6.07) is 3.03. The van der Waals surface area contributed by atoms with Crippen LogP contribution in [0.1, 0.15) is 6.92 Å². The predicted molar refractivity (Wildman–Crippen MR) is 49.5 cm³/mol. The van der Waals surface area contributed by atoms with E-state index < -0.39 is 0 Å². The quantitative estimate of drug-likeness (QED) is 0.727. The SMILES string of the molecule is CCn1cnnc1-c1ccc(=O)[nH]n1. The van der Waals surface area contributed by atoms with Crippen LogP contribution in [-0.2, 0) is 6.54 Å². The highest BCUT2D eigenvalue weighted by Crippen LogP contribution is 2.10. The number of hydrogen-bond donors (Lipinski definition) is 1. The maximum absolute atomic E-state index is 10.8. The largest absolute Gasteiger partial charge is 0.313 e. The van der Waals surface area contributed by atoms with Gasteiger partial charge in [0, 0.05) is 12.6 Å². The second-order valence-electron chi connectivity index (χ2n) is 2.75. The van der Waals surface area contributed by atoms with Gasteiger partial charge in [-0.3, -0.25) is 4.79 Å². The van der Waals surface area contributed by atoms with Crippen molar-refractivity contribution in [1.82, 2.24) is 25.0 Å². The number of nitrogens with one attached hydrogen (secondary N) is 1. The number of hydrogen-bond acceptors (Lipinski definition) is 4. The molecule has 0 spiro atoms. The van der Waals surface area contributed by atoms with Crippen LogP contribution in [0.2, 0.25) is 0 Å². The summed E-state index contributed by atoms with van der Waals surface area (Å²) in [7, 11) is 0. The standard InChI is InChI=1S/C8H9N5O/c1-2-13-5-9-12-8(13)6-3-4-7(14)11-10-6/h3-5H,2H2,1H3,(H,11,14). The molecule has 0 aliphatic rings. The van der Waals surface area contributed by atoms with E-state index in [4.69, 9.17) is 0 Å². The summed E-state index contributed by atoms with van der Waals surface area (Å²) in [6.07, 6.45) is 1.63. The first-order chi connectivity index (χ1) is 6.81. The van der Waals surface area contributed by atoms with Gasteiger partial charge in [0.05, 0.1) is 0 Å². The zero-order valence-electron chi connectivity index (χ0n) is 7.64. The summed E-state index contributed by atoms with van der Waals surface area (Å²) >= 11 is 0. The third kappa shape index (κ3) is 1.41. The van der Waals surface area contributed by atoms with Gasteiger partial charge in [-0.2, -0.15) is 5.10 Å². The highest BCUT2D eigenvalue weighted by Gasteiger charge is 2.06. The lowest BCUT2D eigenvalue weighted by Gasteiger charge is -2.00. The third-order valence-electron chi connectivity index (χ3n) is 1.86. The van der Waals surface area contributed by atoms with Crippen molar-refractivity contribution in [3.05, 3.63) is 28.8 Å². The van der Waals surface area contributed by atoms with Gasteiger partial charge in [-0.1, -0.05) is 0 Å². The lowest BCUT2D eigenvalue weighted by Crippen LogP contribution is -2.07. The molecule has 2 rings (SSSR count). The van der Waals surface area contributed by atoms with E-state index in [9.17, 15) is 4.79 Å². The molecule has 0 amide bonds. The van der Waals surface area contributed by atoms with Gasteiger partial charge >= 0.3 is 0 Å². The lowest BCUT2D eigenvalue weighted by atomic mass is 10.3. The number of aromatic nitrogens is 5. The lowest BCUT2D eigenvalue weighted by molar-refractivity contribution is 0.761. The highest BCUT2D eigenvalue weighted by atomic mass is 16.1. The molecular weight excluding hydrogens is 182 g/mol. The normalized spacial score (nSPS) is 10.4. The van der Waals surface area contributed by atoms with Crippen LogP contribution in [0.25, 0.3) is 11.5 Å². The van der Waals surface area contributed by atoms with E-state index in [1.165, 1.54) is 6.07 Å². The monoisotopic (exact) mass is 191 g/mol. The van der Waals surface area contributed by atoms with E-state index in [1.807, 2.05) is 11.5 Å². The first-order valence-corrected chi connectivity index (χ1v) is 4.25. The van der Waals surface area contributed by atoms with Crippen LogP contribution in [0.4, 0.5) is 0 Å². The van der Waals surface area contributed by atoms with Crippen molar-refractivity contribution in [2.24, 2.45) is 0 Å². The molecule has 72 valence electrons. The minimum atomic E-state index is -0.226. The van der Waals surface area contributed by atoms with Gasteiger partial charge in [-0.05, 0) is 13.0 Å². The molecular formula is C8H9N5O. The Kier molecular flexibility index (Phi) is 2.10. The Bertz CT molecular complexity index is 466. The van der Waals surface area contributed by atoms with Crippen LogP contribution < -0.4 is 5.56 Å². The highest BCUT2D eigenvalue weighted by molar-refractivity contribution is 5.47. The van der Waals surface area contributed by atoms with E-state index in [0.717, 1.165) is 6.54 Å². The van der Waals surface area contributed by atoms with Gasteiger partial charge in [-0.15, -0.1) is 10.2 Å². The topological polar surface area (TPSA) is 76.5 Å². The fourth-order valence-electron chi connectivity index (χ4n) is 1.15. The van der Waals surface area contributed by atoms with Crippen LogP contribution >= 0.6 is 0 Å². The van der Waals surface area contributed by atoms with E-state index in [-0.39, 0.29) is 5.56 Å². The molecule has 6 nitrogen and oxygen atoms in total. The van der Waals surface area contributed by atoms with Crippen LogP contribution in [0.3, 0.4) is 0 Å². The van der Waals surface area contributed by atoms with Gasteiger partial charge < -0.3 is 4.57 Å². The first kappa shape index (κ1) is 8.61. The number of H-pyrrole nitrogens is 1. The van der Waals surface area contributed by atoms with Gasteiger partial charge in [-0.25, -0.2) is 5.10 Å². The predicted octanol–water partition coefficient (Wildman–Crippen LogP) is 0.0483. The van der Waals surface area contributed by atoms with E-state index in [2.05, 4.69) is 20.4 Å². The Morgan fingerprint density at radius 1 is 1.50 bits per heavy atom. The Morgan fingerprint density at radius 2 is 2.36 bits per heavy atom. The molecule has 0 aliphatic carbocycles. The molecule has 0 saturated carbocycles. The molecule has 0 bridgehead atoms. The fraction of sp³-hybridized carbons (Fsp3) is 0.250. The van der Waals surface area contributed by atoms with Gasteiger partial charge in [0.1, 0.15) is 12.0 Å². The molecule has 2 aromatic rings. The average Bonchev–Trinajstić information content (AvgIpc) is 2.67. The second kappa shape index (κ2) is 3.41. The molecule has 0 radical (unpaired) electrons. The van der Waals surface area contributed by atoms with E-state index in [0.29, 0.717) is 11.5 Å². The molecule has 0 atom stereocenters. The minimum absolute atomic E-state index is 0.226. The number of rotatable bonds is 2. The van der Waals surface area contributed by atoms with Gasteiger partial charge in [0.25, 0.3) is 5.56 Å². The third-order valence-corrected chi connectivity index (χ3v) is 1.86. The molecule has 0 aliphatic heterocycles. The van der Waals surface area contributed by atoms with Gasteiger partial charge in [0.15, 0.2) is 5.82 Å². The Balaban J connectivity index is 2.49. The molecule has 1 N–H and O–H groups in total. The molecule has 2 aromatic heterocycles. The molecule has 14 heavy (non-hydrogen) atoms. The molecule has 0 unspecified atom stereocenters. The summed E-state index contributed by atoms with van der Waals surface area (Å²) in [5.74, 6) is 0.656. The minimum Gasteiger partial charge on any atom is -0.313 e. The summed E-state index contributed by atoms with van der Waals surface area (Å²) in [5.41, 5.74) is 0.389. The summed E-state index contributed by atoms with van der Waals surface area (Å²) in [4.78, 5) is 10.8. The van der Waals surface area contributed by atoms with Crippen molar-refractivity contribution >= 4 is 0 Å². The van der Waals surface area contributed by atoms with Crippen LogP contribution in [0, 0.1) is 0 Å². The molecule has 0 aromatic carbocycles. The van der Waals surface area contributed by atoms with Crippen molar-refractivity contribution in [3.63, 3.8) is 0 Å². The van der Waals surface area contributed by atoms with Crippen LogP contribution in [-0.4, -0.2) is 25.0 Å². The van der Waals surface area contributed by atoms with Crippen molar-refractivity contribution in [1.29, 1.82) is 0 Å². The van der Waals surface area contributed by atoms with Crippen LogP contribution in [0.15, 0.2) is 23.3 Å². The van der Waals surface area contributed by atoms with Gasteiger partial charge in [0.2, 0.25) is 0 Å². The smallest absolute Gasteiger partial charge is 0.264 e. The van der Waals surface area contributed by atoms with Crippen molar-refractivity contribution < 1.29 is 0 Å². The zero-order chi connectivity index (χ0) is 9.97. The van der Waals surface area contributed by atoms with Crippen molar-refractivity contribution in [2.45, 2.75) is 13.5 Å². The van der Waals surface area contributed by atoms with Crippen LogP contribution in [0.5, 0.6) is 0 Å². The summed E-state index contributed by atoms with van der Waals surface area (Å²) in [6.45, 7) is 2.75. The average molecular weight is 191 g/mol. The first-order valence-electron chi connectivity index (χ1n) is 4.25. The van der Waals surface area contributed by atoms with Crippen molar-refractivity contribution in [2.75, 3.05) is 0 Å². The number of aryl methyl sites for hydroxylation is 1. The summed E-state index contributed by atoms with van der Waals surface area (Å²) < 4.78 is 1.85. The maximum atomic E-state index is 10.8. The molecule has 2 heterocycles. The zero-order valence-corrected chi connectivity index (χ0v) is 7.64. The molecule has 0 saturated heterocycles. The number of aromatic amines is 1. The maximum Gasteiger partial charge on any atom is 0.264 e. The Labute approximate surface area is 79.6 Å². The van der Waals surface area contributed by atoms with E-state index >= 15 is 0 Å². The van der Waals surface area contributed by atoms with E-state index in [1.54, 1.807) is 12.4 Å². The Hall–Kier alpha value is -1.98. The van der Waals surface area contributed by atoms with Crippen molar-refractivity contribution in [3.8, 4) is 11.5 Å². The number of nitrogens with zero attached hydrogens (tertiary/aromatic N) is 4. The fourth-order valence-corrected chi connectivity index (χ4v) is 1.15. The summed E-state index contributed by atoms with van der Waals surface area (Å²) in [5, 5.41) is 13.9. The Morgan fingerprint density at radius 3 is 3.00 bits per heavy atom.